The number of hydrogen-bond donors (Lipinski definition) is 2. The van der Waals surface area contributed by atoms with Crippen LogP contribution in [0.4, 0.5) is 10.1 Å². The van der Waals surface area contributed by atoms with Crippen LogP contribution in [0.5, 0.6) is 5.75 Å². The summed E-state index contributed by atoms with van der Waals surface area (Å²) in [7, 11) is 0. The van der Waals surface area contributed by atoms with E-state index in [0.29, 0.717) is 0 Å². The molecule has 1 saturated heterocycles. The van der Waals surface area contributed by atoms with E-state index in [1.165, 1.54) is 0 Å². The second kappa shape index (κ2) is 5.33. The molecule has 108 valence electrons. The summed E-state index contributed by atoms with van der Waals surface area (Å²) in [6.45, 7) is 0.461. The maximum atomic E-state index is 13.5. The molecule has 0 aromatic heterocycles. The number of hydrogen-bond acceptors (Lipinski definition) is 5. The van der Waals surface area contributed by atoms with E-state index in [-0.39, 0.29) is 29.7 Å². The maximum Gasteiger partial charge on any atom is 0.312 e. The summed E-state index contributed by atoms with van der Waals surface area (Å²) in [5.41, 5.74) is -1.51. The van der Waals surface area contributed by atoms with Gasteiger partial charge in [-0.05, 0) is 15.9 Å². The Morgan fingerprint density at radius 3 is 2.70 bits per heavy atom. The molecule has 2 rings (SSSR count). The molecule has 2 N–H and O–H groups in total. The minimum absolute atomic E-state index is 0.0597. The summed E-state index contributed by atoms with van der Waals surface area (Å²) in [5.74, 6) is -2.09. The van der Waals surface area contributed by atoms with Crippen molar-refractivity contribution in [2.75, 3.05) is 13.1 Å². The number of nitrogens with one attached hydrogen (secondary N) is 1. The van der Waals surface area contributed by atoms with E-state index in [4.69, 9.17) is 9.84 Å². The lowest BCUT2D eigenvalue weighted by Gasteiger charge is -2.41. The van der Waals surface area contributed by atoms with Crippen LogP contribution >= 0.6 is 15.9 Å². The number of nitro groups is 1. The predicted octanol–water partition coefficient (Wildman–Crippen LogP) is 1.69. The van der Waals surface area contributed by atoms with Crippen molar-refractivity contribution in [1.82, 2.24) is 5.32 Å². The first-order valence-electron chi connectivity index (χ1n) is 5.58. The molecular weight excluding hydrogens is 339 g/mol. The Morgan fingerprint density at radius 2 is 2.25 bits per heavy atom. The highest BCUT2D eigenvalue weighted by Gasteiger charge is 2.43. The maximum absolute atomic E-state index is 13.5. The van der Waals surface area contributed by atoms with E-state index < -0.39 is 28.0 Å². The molecule has 0 atom stereocenters. The van der Waals surface area contributed by atoms with Crippen molar-refractivity contribution in [1.29, 1.82) is 0 Å². The predicted molar refractivity (Wildman–Crippen MR) is 69.2 cm³/mol. The van der Waals surface area contributed by atoms with Crippen LogP contribution in [0.25, 0.3) is 0 Å². The number of carboxylic acid groups (broad SMARTS) is 1. The molecule has 1 aliphatic rings. The number of carbonyl (C=O) groups is 1. The summed E-state index contributed by atoms with van der Waals surface area (Å²) >= 11 is 2.86. The van der Waals surface area contributed by atoms with Gasteiger partial charge in [-0.25, -0.2) is 4.39 Å². The van der Waals surface area contributed by atoms with Gasteiger partial charge in [0.05, 0.1) is 15.8 Å². The Balaban J connectivity index is 2.34. The average Bonchev–Trinajstić information content (AvgIpc) is 2.29. The van der Waals surface area contributed by atoms with Crippen molar-refractivity contribution in [3.05, 3.63) is 32.5 Å². The first kappa shape index (κ1) is 14.7. The highest BCUT2D eigenvalue weighted by atomic mass is 79.9. The Bertz CT molecular complexity index is 576. The number of carboxylic acids is 1. The van der Waals surface area contributed by atoms with Crippen molar-refractivity contribution in [3.63, 3.8) is 0 Å². The van der Waals surface area contributed by atoms with Crippen LogP contribution in [0.1, 0.15) is 6.42 Å². The molecule has 20 heavy (non-hydrogen) atoms. The topological polar surface area (TPSA) is 102 Å². The fourth-order valence-corrected chi connectivity index (χ4v) is 2.22. The summed E-state index contributed by atoms with van der Waals surface area (Å²) in [6.07, 6.45) is -0.325. The molecule has 9 heteroatoms. The van der Waals surface area contributed by atoms with Gasteiger partial charge in [-0.3, -0.25) is 14.9 Å². The third-order valence-electron chi connectivity index (χ3n) is 2.89. The molecule has 0 aliphatic carbocycles. The third kappa shape index (κ3) is 2.88. The number of benzene rings is 1. The number of nitro benzene ring substituents is 1. The van der Waals surface area contributed by atoms with Crippen LogP contribution < -0.4 is 10.1 Å². The van der Waals surface area contributed by atoms with Gasteiger partial charge < -0.3 is 15.2 Å². The minimum atomic E-state index is -1.09. The Hall–Kier alpha value is -1.74. The highest BCUT2D eigenvalue weighted by Crippen LogP contribution is 2.36. The average molecular weight is 349 g/mol. The highest BCUT2D eigenvalue weighted by molar-refractivity contribution is 9.10. The van der Waals surface area contributed by atoms with E-state index in [1.54, 1.807) is 0 Å². The Labute approximate surface area is 121 Å². The van der Waals surface area contributed by atoms with E-state index in [9.17, 15) is 19.3 Å². The zero-order chi connectivity index (χ0) is 14.9. The van der Waals surface area contributed by atoms with Gasteiger partial charge in [0.1, 0.15) is 11.4 Å². The van der Waals surface area contributed by atoms with E-state index >= 15 is 0 Å². The molecule has 1 fully saturated rings. The molecule has 0 amide bonds. The molecule has 1 aromatic rings. The Morgan fingerprint density at radius 1 is 1.60 bits per heavy atom. The fraction of sp³-hybridized carbons (Fsp3) is 0.364. The first-order valence-corrected chi connectivity index (χ1v) is 6.37. The molecule has 1 heterocycles. The Kier molecular flexibility index (Phi) is 3.91. The lowest BCUT2D eigenvalue weighted by atomic mass is 9.92. The number of ether oxygens (including phenoxy) is 1. The molecule has 0 unspecified atom stereocenters. The lowest BCUT2D eigenvalue weighted by Crippen LogP contribution is -2.64. The van der Waals surface area contributed by atoms with Crippen molar-refractivity contribution >= 4 is 27.6 Å². The zero-order valence-electron chi connectivity index (χ0n) is 10.1. The summed E-state index contributed by atoms with van der Waals surface area (Å²) in [6, 6.07) is 1.87. The number of rotatable bonds is 5. The number of halogens is 2. The number of aliphatic carboxylic acids is 1. The minimum Gasteiger partial charge on any atom is -0.481 e. The van der Waals surface area contributed by atoms with Crippen molar-refractivity contribution < 1.29 is 24.0 Å². The van der Waals surface area contributed by atoms with Crippen molar-refractivity contribution in [3.8, 4) is 5.75 Å². The third-order valence-corrected chi connectivity index (χ3v) is 3.50. The van der Waals surface area contributed by atoms with E-state index in [0.717, 1.165) is 12.1 Å². The van der Waals surface area contributed by atoms with Crippen LogP contribution in [-0.2, 0) is 4.79 Å². The van der Waals surface area contributed by atoms with Crippen LogP contribution in [0.15, 0.2) is 16.6 Å². The van der Waals surface area contributed by atoms with Crippen LogP contribution in [-0.4, -0.2) is 34.7 Å². The van der Waals surface area contributed by atoms with Gasteiger partial charge in [0.15, 0.2) is 0 Å². The SMILES string of the molecule is O=C(O)CC1(Oc2cc(F)c(Br)cc2[N+](=O)[O-])CNC1. The second-order valence-electron chi connectivity index (χ2n) is 4.45. The first-order chi connectivity index (χ1) is 9.33. The van der Waals surface area contributed by atoms with E-state index in [2.05, 4.69) is 21.2 Å². The van der Waals surface area contributed by atoms with E-state index in [1.807, 2.05) is 0 Å². The largest absolute Gasteiger partial charge is 0.481 e. The summed E-state index contributed by atoms with van der Waals surface area (Å²) < 4.78 is 18.9. The van der Waals surface area contributed by atoms with Crippen LogP contribution in [0.2, 0.25) is 0 Å². The zero-order valence-corrected chi connectivity index (χ0v) is 11.6. The fourth-order valence-electron chi connectivity index (χ4n) is 1.89. The van der Waals surface area contributed by atoms with Gasteiger partial charge in [-0.15, -0.1) is 0 Å². The standard InChI is InChI=1S/C11H10BrFN2O5/c12-6-1-8(15(18)19)9(2-7(6)13)20-11(3-10(16)17)4-14-5-11/h1-2,14H,3-5H2,(H,16,17). The van der Waals surface area contributed by atoms with Crippen LogP contribution in [0, 0.1) is 15.9 Å². The van der Waals surface area contributed by atoms with Gasteiger partial charge >= 0.3 is 11.7 Å². The van der Waals surface area contributed by atoms with Crippen LogP contribution in [0.3, 0.4) is 0 Å². The van der Waals surface area contributed by atoms with Crippen molar-refractivity contribution in [2.45, 2.75) is 12.0 Å². The van der Waals surface area contributed by atoms with Gasteiger partial charge in [-0.2, -0.15) is 0 Å². The smallest absolute Gasteiger partial charge is 0.312 e. The molecule has 1 aliphatic heterocycles. The molecule has 1 aromatic carbocycles. The summed E-state index contributed by atoms with van der Waals surface area (Å²) in [5, 5.41) is 22.6. The molecule has 0 saturated carbocycles. The molecular formula is C11H10BrFN2O5. The molecule has 7 nitrogen and oxygen atoms in total. The molecule has 0 spiro atoms. The normalized spacial score (nSPS) is 16.3. The molecule has 0 radical (unpaired) electrons. The van der Waals surface area contributed by atoms with Gasteiger partial charge in [0, 0.05) is 25.2 Å². The second-order valence-corrected chi connectivity index (χ2v) is 5.30. The monoisotopic (exact) mass is 348 g/mol. The van der Waals surface area contributed by atoms with Gasteiger partial charge in [-0.1, -0.05) is 0 Å². The molecule has 0 bridgehead atoms. The quantitative estimate of drug-likeness (QED) is 0.620. The summed E-state index contributed by atoms with van der Waals surface area (Å²) in [4.78, 5) is 21.1. The van der Waals surface area contributed by atoms with Gasteiger partial charge in [0.25, 0.3) is 0 Å². The van der Waals surface area contributed by atoms with Crippen molar-refractivity contribution in [2.24, 2.45) is 0 Å². The van der Waals surface area contributed by atoms with Gasteiger partial charge in [0.2, 0.25) is 5.75 Å². The lowest BCUT2D eigenvalue weighted by molar-refractivity contribution is -0.386. The number of nitrogens with zero attached hydrogens (tertiary/aromatic N) is 1.